The minimum Gasteiger partial charge on any atom is -0.478 e. The molecule has 1 aromatic heterocycles. The van der Waals surface area contributed by atoms with Gasteiger partial charge in [-0.15, -0.1) is 0 Å². The number of rotatable bonds is 8. The highest BCUT2D eigenvalue weighted by atomic mass is 16.5. The molecule has 1 amide bonds. The van der Waals surface area contributed by atoms with Crippen molar-refractivity contribution < 1.29 is 24.5 Å². The molecule has 1 aromatic carbocycles. The highest BCUT2D eigenvalue weighted by molar-refractivity contribution is 5.97. The highest BCUT2D eigenvalue weighted by Crippen LogP contribution is 2.32. The average molecular weight is 494 g/mol. The third-order valence-corrected chi connectivity index (χ3v) is 7.08. The molecular weight excluding hydrogens is 458 g/mol. The summed E-state index contributed by atoms with van der Waals surface area (Å²) < 4.78 is 6.40. The van der Waals surface area contributed by atoms with E-state index in [0.29, 0.717) is 31.1 Å². The monoisotopic (exact) mass is 493 g/mol. The Bertz CT molecular complexity index is 1130. The molecule has 3 atom stereocenters. The Morgan fingerprint density at radius 2 is 2.06 bits per heavy atom. The molecule has 1 aliphatic carbocycles. The molecule has 1 aliphatic heterocycles. The quantitative estimate of drug-likeness (QED) is 0.578. The van der Waals surface area contributed by atoms with Gasteiger partial charge in [0.05, 0.1) is 18.2 Å². The van der Waals surface area contributed by atoms with Crippen molar-refractivity contribution in [3.05, 3.63) is 64.9 Å². The van der Waals surface area contributed by atoms with E-state index >= 15 is 0 Å². The Hall–Kier alpha value is -3.23. The Balaban J connectivity index is 1.58. The van der Waals surface area contributed by atoms with Gasteiger partial charge in [0, 0.05) is 31.7 Å². The molecule has 2 aliphatic rings. The molecule has 192 valence electrons. The number of aliphatic hydroxyl groups excluding tert-OH is 1. The maximum absolute atomic E-state index is 13.6. The van der Waals surface area contributed by atoms with Crippen LogP contribution in [0.3, 0.4) is 0 Å². The van der Waals surface area contributed by atoms with Gasteiger partial charge in [-0.3, -0.25) is 9.69 Å². The molecule has 4 rings (SSSR count). The lowest BCUT2D eigenvalue weighted by atomic mass is 9.99. The normalized spacial score (nSPS) is 20.9. The number of aromatic carboxylic acids is 1. The fourth-order valence-electron chi connectivity index (χ4n) is 4.87. The van der Waals surface area contributed by atoms with Crippen LogP contribution in [-0.2, 0) is 6.54 Å². The smallest absolute Gasteiger partial charge is 0.335 e. The van der Waals surface area contributed by atoms with Crippen LogP contribution in [0.25, 0.3) is 5.57 Å². The van der Waals surface area contributed by atoms with Crippen molar-refractivity contribution in [1.82, 2.24) is 14.8 Å². The molecule has 2 N–H and O–H groups in total. The van der Waals surface area contributed by atoms with Gasteiger partial charge < -0.3 is 19.8 Å². The Labute approximate surface area is 212 Å². The fraction of sp³-hybridized carbons (Fsp3) is 0.464. The molecule has 0 saturated heterocycles. The molecule has 8 nitrogen and oxygen atoms in total. The number of fused-ring (bicyclic) bond motifs is 1. The minimum absolute atomic E-state index is 0.00745. The second-order valence-corrected chi connectivity index (χ2v) is 10.0. The molecule has 0 fully saturated rings. The van der Waals surface area contributed by atoms with Gasteiger partial charge in [0.25, 0.3) is 5.91 Å². The summed E-state index contributed by atoms with van der Waals surface area (Å²) in [5.74, 6) is -0.793. The molecule has 0 unspecified atom stereocenters. The zero-order valence-electron chi connectivity index (χ0n) is 21.2. The lowest BCUT2D eigenvalue weighted by Crippen LogP contribution is -2.49. The predicted molar refractivity (Wildman–Crippen MR) is 137 cm³/mol. The topological polar surface area (TPSA) is 103 Å². The number of nitrogens with zero attached hydrogens (tertiary/aromatic N) is 3. The van der Waals surface area contributed by atoms with Crippen molar-refractivity contribution in [2.75, 3.05) is 26.7 Å². The second-order valence-electron chi connectivity index (χ2n) is 10.0. The van der Waals surface area contributed by atoms with Crippen LogP contribution >= 0.6 is 0 Å². The summed E-state index contributed by atoms with van der Waals surface area (Å²) in [6.45, 7) is 5.45. The van der Waals surface area contributed by atoms with Crippen LogP contribution in [0, 0.1) is 5.92 Å². The predicted octanol–water partition coefficient (Wildman–Crippen LogP) is 3.70. The SMILES string of the molecule is C[C@H](CO)N1C[C@H](C)[C@H](CN(C)Cc2ccc(C(=O)O)cc2)Oc2ncc(C3=CCCC3)cc2C1=O. The standard InChI is InChI=1S/C28H35N3O5/c1-18-14-31(19(2)17-32)27(33)24-12-23(21-6-4-5-7-21)13-29-26(24)36-25(18)16-30(3)15-20-8-10-22(11-9-20)28(34)35/h6,8-13,18-19,25,32H,4-5,7,14-17H2,1-3H3,(H,34,35)/t18-,19+,25-/m0/s1. The fourth-order valence-corrected chi connectivity index (χ4v) is 4.87. The first-order chi connectivity index (χ1) is 17.3. The van der Waals surface area contributed by atoms with Gasteiger partial charge in [0.15, 0.2) is 0 Å². The number of carbonyl (C=O) groups is 2. The van der Waals surface area contributed by atoms with Crippen LogP contribution in [-0.4, -0.2) is 75.8 Å². The number of likely N-dealkylation sites (N-methyl/N-ethyl adjacent to an activating group) is 1. The number of hydrogen-bond acceptors (Lipinski definition) is 6. The number of pyridine rings is 1. The second kappa shape index (κ2) is 11.2. The summed E-state index contributed by atoms with van der Waals surface area (Å²) in [4.78, 5) is 33.1. The van der Waals surface area contributed by atoms with E-state index in [1.807, 2.05) is 39.1 Å². The number of carboxylic acid groups (broad SMARTS) is 1. The molecular formula is C28H35N3O5. The van der Waals surface area contributed by atoms with Crippen molar-refractivity contribution in [3.63, 3.8) is 0 Å². The largest absolute Gasteiger partial charge is 0.478 e. The maximum Gasteiger partial charge on any atom is 0.335 e. The number of hydrogen-bond donors (Lipinski definition) is 2. The highest BCUT2D eigenvalue weighted by Gasteiger charge is 2.34. The third-order valence-electron chi connectivity index (χ3n) is 7.08. The number of amides is 1. The van der Waals surface area contributed by atoms with E-state index in [9.17, 15) is 14.7 Å². The Kier molecular flexibility index (Phi) is 8.06. The zero-order chi connectivity index (χ0) is 25.8. The van der Waals surface area contributed by atoms with Crippen molar-refractivity contribution in [2.45, 2.75) is 51.8 Å². The lowest BCUT2D eigenvalue weighted by molar-refractivity contribution is 0.0325. The zero-order valence-corrected chi connectivity index (χ0v) is 21.2. The molecule has 0 radical (unpaired) electrons. The molecule has 2 aromatic rings. The number of carbonyl (C=O) groups excluding carboxylic acids is 1. The molecule has 36 heavy (non-hydrogen) atoms. The van der Waals surface area contributed by atoms with E-state index < -0.39 is 5.97 Å². The Morgan fingerprint density at radius 3 is 2.69 bits per heavy atom. The van der Waals surface area contributed by atoms with Gasteiger partial charge in [-0.2, -0.15) is 0 Å². The van der Waals surface area contributed by atoms with Gasteiger partial charge in [0.1, 0.15) is 11.7 Å². The van der Waals surface area contributed by atoms with Crippen LogP contribution < -0.4 is 4.74 Å². The minimum atomic E-state index is -0.943. The van der Waals surface area contributed by atoms with E-state index in [2.05, 4.69) is 16.0 Å². The van der Waals surface area contributed by atoms with E-state index in [1.165, 1.54) is 5.57 Å². The summed E-state index contributed by atoms with van der Waals surface area (Å²) in [5, 5.41) is 19.0. The molecule has 8 heteroatoms. The van der Waals surface area contributed by atoms with Gasteiger partial charge in [0.2, 0.25) is 5.88 Å². The average Bonchev–Trinajstić information content (AvgIpc) is 3.41. The first kappa shape index (κ1) is 25.9. The van der Waals surface area contributed by atoms with Crippen LogP contribution in [0.4, 0.5) is 0 Å². The molecule has 2 heterocycles. The van der Waals surface area contributed by atoms with Crippen LogP contribution in [0.15, 0.2) is 42.6 Å². The van der Waals surface area contributed by atoms with Gasteiger partial charge >= 0.3 is 5.97 Å². The number of allylic oxidation sites excluding steroid dienone is 2. The van der Waals surface area contributed by atoms with E-state index in [1.54, 1.807) is 23.2 Å². The lowest BCUT2D eigenvalue weighted by Gasteiger charge is -2.37. The summed E-state index contributed by atoms with van der Waals surface area (Å²) in [6, 6.07) is 8.42. The first-order valence-corrected chi connectivity index (χ1v) is 12.6. The van der Waals surface area contributed by atoms with E-state index in [4.69, 9.17) is 9.84 Å². The summed E-state index contributed by atoms with van der Waals surface area (Å²) >= 11 is 0. The van der Waals surface area contributed by atoms with Gasteiger partial charge in [-0.1, -0.05) is 25.1 Å². The third kappa shape index (κ3) is 5.77. The van der Waals surface area contributed by atoms with Crippen molar-refractivity contribution in [2.24, 2.45) is 5.92 Å². The van der Waals surface area contributed by atoms with Crippen molar-refractivity contribution in [1.29, 1.82) is 0 Å². The van der Waals surface area contributed by atoms with Crippen LogP contribution in [0.2, 0.25) is 0 Å². The van der Waals surface area contributed by atoms with E-state index in [0.717, 1.165) is 30.4 Å². The number of carboxylic acids is 1. The Morgan fingerprint density at radius 1 is 1.31 bits per heavy atom. The van der Waals surface area contributed by atoms with Crippen molar-refractivity contribution in [3.8, 4) is 5.88 Å². The summed E-state index contributed by atoms with van der Waals surface area (Å²) in [7, 11) is 1.99. The summed E-state index contributed by atoms with van der Waals surface area (Å²) in [5.41, 5.74) is 3.85. The number of benzene rings is 1. The van der Waals surface area contributed by atoms with Gasteiger partial charge in [-0.05, 0) is 68.1 Å². The number of ether oxygens (including phenoxy) is 1. The van der Waals surface area contributed by atoms with Crippen LogP contribution in [0.5, 0.6) is 5.88 Å². The van der Waals surface area contributed by atoms with E-state index in [-0.39, 0.29) is 36.1 Å². The molecule has 0 spiro atoms. The van der Waals surface area contributed by atoms with Gasteiger partial charge in [-0.25, -0.2) is 9.78 Å². The summed E-state index contributed by atoms with van der Waals surface area (Å²) in [6.07, 6.45) is 6.88. The first-order valence-electron chi connectivity index (χ1n) is 12.6. The number of aromatic nitrogens is 1. The number of aliphatic hydroxyl groups is 1. The molecule has 0 saturated carbocycles. The maximum atomic E-state index is 13.6. The van der Waals surface area contributed by atoms with Crippen LogP contribution in [0.1, 0.15) is 65.0 Å². The van der Waals surface area contributed by atoms with Crippen molar-refractivity contribution >= 4 is 17.4 Å². The molecule has 0 bridgehead atoms.